The molecule has 0 spiro atoms. The number of benzene rings is 2. The maximum absolute atomic E-state index is 11.1. The number of carbonyl (C=O) groups is 1. The maximum atomic E-state index is 11.1. The minimum atomic E-state index is 0.770. The molecule has 0 aliphatic heterocycles. The van der Waals surface area contributed by atoms with Gasteiger partial charge in [-0.05, 0) is 23.3 Å². The third-order valence-corrected chi connectivity index (χ3v) is 2.47. The monoisotopic (exact) mass is 196 g/mol. The Morgan fingerprint density at radius 1 is 1.07 bits per heavy atom. The summed E-state index contributed by atoms with van der Waals surface area (Å²) in [6.45, 7) is 1.95. The number of hydrogen-bond acceptors (Lipinski definition) is 1. The van der Waals surface area contributed by atoms with Gasteiger partial charge in [0, 0.05) is 5.56 Å². The zero-order chi connectivity index (χ0) is 10.7. The van der Waals surface area contributed by atoms with Crippen molar-refractivity contribution in [2.24, 2.45) is 0 Å². The zero-order valence-corrected chi connectivity index (χ0v) is 8.60. The van der Waals surface area contributed by atoms with Crippen molar-refractivity contribution in [3.63, 3.8) is 0 Å². The smallest absolute Gasteiger partial charge is 0.151 e. The summed E-state index contributed by atoms with van der Waals surface area (Å²) >= 11 is 0. The van der Waals surface area contributed by atoms with Gasteiger partial charge in [-0.2, -0.15) is 0 Å². The molecule has 0 bridgehead atoms. The molecule has 0 saturated heterocycles. The second kappa shape index (κ2) is 4.09. The summed E-state index contributed by atoms with van der Waals surface area (Å²) in [4.78, 5) is 11.1. The van der Waals surface area contributed by atoms with E-state index in [4.69, 9.17) is 0 Å². The van der Waals surface area contributed by atoms with Crippen LogP contribution in [0.4, 0.5) is 0 Å². The van der Waals surface area contributed by atoms with E-state index >= 15 is 0 Å². The quantitative estimate of drug-likeness (QED) is 0.669. The van der Waals surface area contributed by atoms with E-state index in [1.54, 1.807) is 0 Å². The summed E-state index contributed by atoms with van der Waals surface area (Å²) in [6, 6.07) is 11.9. The first-order valence-corrected chi connectivity index (χ1v) is 4.96. The molecular formula is C14H12O. The van der Waals surface area contributed by atoms with Crippen molar-refractivity contribution in [2.45, 2.75) is 6.92 Å². The standard InChI is InChI=1S/C14H12O/c1-2-5-11-8-9-12-6-3-4-7-13(12)14(11)10-15/h2-10H,1H3/b5-2-. The average molecular weight is 196 g/mol. The summed E-state index contributed by atoms with van der Waals surface area (Å²) in [5.41, 5.74) is 1.75. The van der Waals surface area contributed by atoms with Crippen molar-refractivity contribution in [3.05, 3.63) is 53.6 Å². The highest BCUT2D eigenvalue weighted by atomic mass is 16.1. The molecule has 0 unspecified atom stereocenters. The molecule has 0 N–H and O–H groups in total. The molecule has 0 amide bonds. The normalized spacial score (nSPS) is 11.0. The molecule has 2 aromatic rings. The fraction of sp³-hybridized carbons (Fsp3) is 0.0714. The van der Waals surface area contributed by atoms with Crippen LogP contribution in [0.5, 0.6) is 0 Å². The van der Waals surface area contributed by atoms with E-state index in [-0.39, 0.29) is 0 Å². The highest BCUT2D eigenvalue weighted by Gasteiger charge is 2.03. The average Bonchev–Trinajstić information content (AvgIpc) is 2.29. The molecule has 0 aliphatic rings. The van der Waals surface area contributed by atoms with Gasteiger partial charge in [0.15, 0.2) is 6.29 Å². The van der Waals surface area contributed by atoms with Crippen LogP contribution in [0, 0.1) is 0 Å². The first kappa shape index (κ1) is 9.66. The van der Waals surface area contributed by atoms with Crippen LogP contribution in [-0.2, 0) is 0 Å². The Balaban J connectivity index is 2.81. The molecule has 0 atom stereocenters. The lowest BCUT2D eigenvalue weighted by atomic mass is 9.99. The predicted molar refractivity (Wildman–Crippen MR) is 64.0 cm³/mol. The first-order chi connectivity index (χ1) is 7.36. The molecule has 2 aromatic carbocycles. The summed E-state index contributed by atoms with van der Waals surface area (Å²) in [5.74, 6) is 0. The van der Waals surface area contributed by atoms with Crippen LogP contribution in [0.2, 0.25) is 0 Å². The van der Waals surface area contributed by atoms with Crippen LogP contribution in [-0.4, -0.2) is 6.29 Å². The molecule has 0 aliphatic carbocycles. The Hall–Kier alpha value is -1.89. The fourth-order valence-electron chi connectivity index (χ4n) is 1.77. The minimum absolute atomic E-state index is 0.770. The first-order valence-electron chi connectivity index (χ1n) is 4.96. The SMILES string of the molecule is C/C=C\c1ccc2ccccc2c1C=O. The zero-order valence-electron chi connectivity index (χ0n) is 8.60. The van der Waals surface area contributed by atoms with Crippen LogP contribution >= 0.6 is 0 Å². The number of aldehydes is 1. The molecule has 0 aromatic heterocycles. The minimum Gasteiger partial charge on any atom is -0.298 e. The predicted octanol–water partition coefficient (Wildman–Crippen LogP) is 3.69. The van der Waals surface area contributed by atoms with Gasteiger partial charge in [-0.15, -0.1) is 0 Å². The lowest BCUT2D eigenvalue weighted by Crippen LogP contribution is -1.88. The summed E-state index contributed by atoms with van der Waals surface area (Å²) in [5, 5.41) is 2.12. The van der Waals surface area contributed by atoms with Gasteiger partial charge in [0.1, 0.15) is 0 Å². The third kappa shape index (κ3) is 1.68. The fourth-order valence-corrected chi connectivity index (χ4v) is 1.77. The van der Waals surface area contributed by atoms with E-state index < -0.39 is 0 Å². The van der Waals surface area contributed by atoms with Crippen molar-refractivity contribution in [3.8, 4) is 0 Å². The lowest BCUT2D eigenvalue weighted by molar-refractivity contribution is 0.112. The van der Waals surface area contributed by atoms with Crippen LogP contribution < -0.4 is 0 Å². The van der Waals surface area contributed by atoms with Crippen molar-refractivity contribution in [1.29, 1.82) is 0 Å². The molecule has 2 rings (SSSR count). The lowest BCUT2D eigenvalue weighted by Gasteiger charge is -2.04. The second-order valence-electron chi connectivity index (χ2n) is 3.41. The van der Waals surface area contributed by atoms with Gasteiger partial charge >= 0.3 is 0 Å². The Kier molecular flexibility index (Phi) is 2.64. The molecule has 1 heteroatoms. The third-order valence-electron chi connectivity index (χ3n) is 2.47. The van der Waals surface area contributed by atoms with E-state index in [0.717, 1.165) is 28.2 Å². The van der Waals surface area contributed by atoms with Crippen molar-refractivity contribution in [2.75, 3.05) is 0 Å². The van der Waals surface area contributed by atoms with E-state index in [9.17, 15) is 4.79 Å². The number of fused-ring (bicyclic) bond motifs is 1. The summed E-state index contributed by atoms with van der Waals surface area (Å²) < 4.78 is 0. The molecule has 0 radical (unpaired) electrons. The van der Waals surface area contributed by atoms with E-state index in [1.165, 1.54) is 0 Å². The van der Waals surface area contributed by atoms with Crippen molar-refractivity contribution >= 4 is 23.1 Å². The molecule has 0 heterocycles. The maximum Gasteiger partial charge on any atom is 0.151 e. The summed E-state index contributed by atoms with van der Waals surface area (Å²) in [7, 11) is 0. The Morgan fingerprint density at radius 2 is 1.87 bits per heavy atom. The highest BCUT2D eigenvalue weighted by molar-refractivity contribution is 6.01. The van der Waals surface area contributed by atoms with Gasteiger partial charge in [0.05, 0.1) is 0 Å². The Bertz CT molecular complexity index is 524. The number of hydrogen-bond donors (Lipinski definition) is 0. The molecule has 0 saturated carbocycles. The van der Waals surface area contributed by atoms with E-state index in [0.29, 0.717) is 0 Å². The van der Waals surface area contributed by atoms with Crippen LogP contribution in [0.3, 0.4) is 0 Å². The van der Waals surface area contributed by atoms with Gasteiger partial charge < -0.3 is 0 Å². The van der Waals surface area contributed by atoms with Crippen LogP contribution in [0.1, 0.15) is 22.8 Å². The van der Waals surface area contributed by atoms with E-state index in [1.807, 2.05) is 55.5 Å². The highest BCUT2D eigenvalue weighted by Crippen LogP contribution is 2.21. The van der Waals surface area contributed by atoms with Gasteiger partial charge in [-0.3, -0.25) is 4.79 Å². The second-order valence-corrected chi connectivity index (χ2v) is 3.41. The van der Waals surface area contributed by atoms with Gasteiger partial charge in [-0.25, -0.2) is 0 Å². The molecule has 1 nitrogen and oxygen atoms in total. The van der Waals surface area contributed by atoms with Gasteiger partial charge in [0.2, 0.25) is 0 Å². The van der Waals surface area contributed by atoms with Gasteiger partial charge in [0.25, 0.3) is 0 Å². The molecular weight excluding hydrogens is 184 g/mol. The number of rotatable bonds is 2. The Morgan fingerprint density at radius 3 is 2.60 bits per heavy atom. The Labute approximate surface area is 89.0 Å². The molecule has 0 fully saturated rings. The largest absolute Gasteiger partial charge is 0.298 e. The van der Waals surface area contributed by atoms with Crippen LogP contribution in [0.15, 0.2) is 42.5 Å². The van der Waals surface area contributed by atoms with E-state index in [2.05, 4.69) is 0 Å². The molecule has 74 valence electrons. The molecule has 15 heavy (non-hydrogen) atoms. The van der Waals surface area contributed by atoms with Crippen molar-refractivity contribution < 1.29 is 4.79 Å². The van der Waals surface area contributed by atoms with Crippen molar-refractivity contribution in [1.82, 2.24) is 0 Å². The topological polar surface area (TPSA) is 17.1 Å². The number of allylic oxidation sites excluding steroid dienone is 1. The van der Waals surface area contributed by atoms with Gasteiger partial charge in [-0.1, -0.05) is 48.6 Å². The summed E-state index contributed by atoms with van der Waals surface area (Å²) in [6.07, 6.45) is 4.82. The van der Waals surface area contributed by atoms with Crippen LogP contribution in [0.25, 0.3) is 16.8 Å². The number of carbonyl (C=O) groups excluding carboxylic acids is 1.